The molecular weight excluding hydrogens is 248 g/mol. The normalized spacial score (nSPS) is 23.4. The zero-order valence-corrected chi connectivity index (χ0v) is 14.4. The lowest BCUT2D eigenvalue weighted by atomic mass is 10.0. The molecule has 0 radical (unpaired) electrons. The molecular formula is C17H36N2O. The number of rotatable bonds is 9. The van der Waals surface area contributed by atoms with E-state index >= 15 is 0 Å². The molecule has 0 amide bonds. The van der Waals surface area contributed by atoms with Crippen molar-refractivity contribution in [1.29, 1.82) is 0 Å². The lowest BCUT2D eigenvalue weighted by Gasteiger charge is -2.41. The molecule has 1 fully saturated rings. The molecule has 1 N–H and O–H groups in total. The van der Waals surface area contributed by atoms with Gasteiger partial charge in [0, 0.05) is 13.1 Å². The smallest absolute Gasteiger partial charge is 0.0757 e. The topological polar surface area (TPSA) is 24.5 Å². The van der Waals surface area contributed by atoms with Crippen LogP contribution in [0, 0.1) is 5.92 Å². The molecule has 0 spiro atoms. The van der Waals surface area contributed by atoms with E-state index in [1.165, 1.54) is 38.8 Å². The van der Waals surface area contributed by atoms with E-state index in [9.17, 15) is 0 Å². The van der Waals surface area contributed by atoms with E-state index in [-0.39, 0.29) is 5.60 Å². The minimum Gasteiger partial charge on any atom is -0.370 e. The minimum absolute atomic E-state index is 0.0262. The molecule has 0 saturated carbocycles. The summed E-state index contributed by atoms with van der Waals surface area (Å²) < 4.78 is 5.94. The quantitative estimate of drug-likeness (QED) is 0.658. The highest BCUT2D eigenvalue weighted by Crippen LogP contribution is 2.21. The Morgan fingerprint density at radius 1 is 1.20 bits per heavy atom. The number of hydrogen-bond acceptors (Lipinski definition) is 3. The third-order valence-corrected chi connectivity index (χ3v) is 3.77. The van der Waals surface area contributed by atoms with Crippen LogP contribution in [0.5, 0.6) is 0 Å². The molecule has 120 valence electrons. The summed E-state index contributed by atoms with van der Waals surface area (Å²) in [7, 11) is 0. The summed E-state index contributed by atoms with van der Waals surface area (Å²) in [5.74, 6) is 0.765. The SMILES string of the molecule is CC(C)CNCCCCCCN1CC(C)OC(C)(C)C1. The highest BCUT2D eigenvalue weighted by atomic mass is 16.5. The average Bonchev–Trinajstić information content (AvgIpc) is 2.29. The van der Waals surface area contributed by atoms with Gasteiger partial charge in [-0.05, 0) is 59.2 Å². The fraction of sp³-hybridized carbons (Fsp3) is 1.00. The molecule has 1 atom stereocenters. The Bertz CT molecular complexity index is 253. The summed E-state index contributed by atoms with van der Waals surface area (Å²) in [4.78, 5) is 2.57. The average molecular weight is 284 g/mol. The van der Waals surface area contributed by atoms with Crippen molar-refractivity contribution in [3.05, 3.63) is 0 Å². The van der Waals surface area contributed by atoms with Gasteiger partial charge in [-0.25, -0.2) is 0 Å². The van der Waals surface area contributed by atoms with E-state index in [4.69, 9.17) is 4.74 Å². The van der Waals surface area contributed by atoms with Crippen LogP contribution in [0.4, 0.5) is 0 Å². The first kappa shape index (κ1) is 17.9. The van der Waals surface area contributed by atoms with E-state index in [0.717, 1.165) is 25.6 Å². The van der Waals surface area contributed by atoms with Gasteiger partial charge in [0.25, 0.3) is 0 Å². The van der Waals surface area contributed by atoms with E-state index in [2.05, 4.69) is 44.8 Å². The first-order chi connectivity index (χ1) is 9.39. The van der Waals surface area contributed by atoms with Crippen LogP contribution in [0.1, 0.15) is 60.3 Å². The molecule has 1 heterocycles. The van der Waals surface area contributed by atoms with Gasteiger partial charge in [-0.15, -0.1) is 0 Å². The van der Waals surface area contributed by atoms with Crippen LogP contribution < -0.4 is 5.32 Å². The maximum atomic E-state index is 5.94. The second kappa shape index (κ2) is 9.01. The van der Waals surface area contributed by atoms with E-state index in [1.54, 1.807) is 0 Å². The number of morpholine rings is 1. The van der Waals surface area contributed by atoms with E-state index in [1.807, 2.05) is 0 Å². The summed E-state index contributed by atoms with van der Waals surface area (Å²) in [5.41, 5.74) is 0.0262. The van der Waals surface area contributed by atoms with Crippen molar-refractivity contribution in [3.63, 3.8) is 0 Å². The molecule has 1 aliphatic rings. The van der Waals surface area contributed by atoms with Crippen LogP contribution in [0.15, 0.2) is 0 Å². The third-order valence-electron chi connectivity index (χ3n) is 3.77. The Hall–Kier alpha value is -0.120. The van der Waals surface area contributed by atoms with Gasteiger partial charge in [-0.2, -0.15) is 0 Å². The lowest BCUT2D eigenvalue weighted by molar-refractivity contribution is -0.128. The van der Waals surface area contributed by atoms with Crippen molar-refractivity contribution in [2.24, 2.45) is 5.92 Å². The van der Waals surface area contributed by atoms with Crippen molar-refractivity contribution in [3.8, 4) is 0 Å². The predicted molar refractivity (Wildman–Crippen MR) is 87.2 cm³/mol. The van der Waals surface area contributed by atoms with Gasteiger partial charge < -0.3 is 10.1 Å². The van der Waals surface area contributed by atoms with Crippen LogP contribution in [0.2, 0.25) is 0 Å². The van der Waals surface area contributed by atoms with E-state index < -0.39 is 0 Å². The molecule has 0 aliphatic carbocycles. The molecule has 1 unspecified atom stereocenters. The molecule has 3 heteroatoms. The molecule has 1 aliphatic heterocycles. The van der Waals surface area contributed by atoms with Crippen LogP contribution in [0.3, 0.4) is 0 Å². The highest BCUT2D eigenvalue weighted by molar-refractivity contribution is 4.82. The second-order valence-electron chi connectivity index (χ2n) is 7.44. The van der Waals surface area contributed by atoms with Gasteiger partial charge in [0.2, 0.25) is 0 Å². The van der Waals surface area contributed by atoms with Crippen molar-refractivity contribution >= 4 is 0 Å². The molecule has 3 nitrogen and oxygen atoms in total. The maximum Gasteiger partial charge on any atom is 0.0757 e. The fourth-order valence-electron chi connectivity index (χ4n) is 3.09. The monoisotopic (exact) mass is 284 g/mol. The van der Waals surface area contributed by atoms with E-state index in [0.29, 0.717) is 6.10 Å². The first-order valence-corrected chi connectivity index (χ1v) is 8.50. The summed E-state index contributed by atoms with van der Waals surface area (Å²) in [6.45, 7) is 16.9. The van der Waals surface area contributed by atoms with Crippen LogP contribution in [0.25, 0.3) is 0 Å². The minimum atomic E-state index is 0.0262. The lowest BCUT2D eigenvalue weighted by Crippen LogP contribution is -2.51. The Morgan fingerprint density at radius 2 is 1.90 bits per heavy atom. The number of hydrogen-bond donors (Lipinski definition) is 1. The number of unbranched alkanes of at least 4 members (excludes halogenated alkanes) is 3. The van der Waals surface area contributed by atoms with Crippen molar-refractivity contribution in [2.75, 3.05) is 32.7 Å². The molecule has 20 heavy (non-hydrogen) atoms. The molecule has 0 bridgehead atoms. The largest absolute Gasteiger partial charge is 0.370 e. The standard InChI is InChI=1S/C17H36N2O/c1-15(2)12-18-10-8-6-7-9-11-19-13-16(3)20-17(4,5)14-19/h15-16,18H,6-14H2,1-5H3. The molecule has 1 rings (SSSR count). The van der Waals surface area contributed by atoms with Gasteiger partial charge in [-0.1, -0.05) is 26.7 Å². The fourth-order valence-corrected chi connectivity index (χ4v) is 3.09. The van der Waals surface area contributed by atoms with Crippen molar-refractivity contribution in [1.82, 2.24) is 10.2 Å². The van der Waals surface area contributed by atoms with Crippen molar-refractivity contribution in [2.45, 2.75) is 72.0 Å². The summed E-state index contributed by atoms with van der Waals surface area (Å²) in [6, 6.07) is 0. The maximum absolute atomic E-state index is 5.94. The van der Waals surface area contributed by atoms with Crippen LogP contribution in [-0.4, -0.2) is 49.3 Å². The van der Waals surface area contributed by atoms with Gasteiger partial charge >= 0.3 is 0 Å². The van der Waals surface area contributed by atoms with Gasteiger partial charge in [0.05, 0.1) is 11.7 Å². The molecule has 0 aromatic rings. The Kier molecular flexibility index (Phi) is 8.08. The van der Waals surface area contributed by atoms with Gasteiger partial charge in [0.1, 0.15) is 0 Å². The Labute approximate surface area is 126 Å². The van der Waals surface area contributed by atoms with Gasteiger partial charge in [-0.3, -0.25) is 4.90 Å². The summed E-state index contributed by atoms with van der Waals surface area (Å²) in [6.07, 6.45) is 5.73. The summed E-state index contributed by atoms with van der Waals surface area (Å²) in [5, 5.41) is 3.51. The Balaban J connectivity index is 1.98. The second-order valence-corrected chi connectivity index (χ2v) is 7.44. The zero-order valence-electron chi connectivity index (χ0n) is 14.4. The number of nitrogens with zero attached hydrogens (tertiary/aromatic N) is 1. The first-order valence-electron chi connectivity index (χ1n) is 8.50. The molecule has 0 aromatic carbocycles. The van der Waals surface area contributed by atoms with Crippen molar-refractivity contribution < 1.29 is 4.74 Å². The third kappa shape index (κ3) is 8.23. The number of ether oxygens (including phenoxy) is 1. The molecule has 1 saturated heterocycles. The molecule has 0 aromatic heterocycles. The highest BCUT2D eigenvalue weighted by Gasteiger charge is 2.30. The van der Waals surface area contributed by atoms with Crippen LogP contribution >= 0.6 is 0 Å². The summed E-state index contributed by atoms with van der Waals surface area (Å²) >= 11 is 0. The zero-order chi connectivity index (χ0) is 15.0. The number of nitrogens with one attached hydrogen (secondary N) is 1. The predicted octanol–water partition coefficient (Wildman–Crippen LogP) is 3.29. The van der Waals surface area contributed by atoms with Gasteiger partial charge in [0.15, 0.2) is 0 Å². The Morgan fingerprint density at radius 3 is 2.55 bits per heavy atom. The van der Waals surface area contributed by atoms with Crippen LogP contribution in [-0.2, 0) is 4.74 Å².